The lowest BCUT2D eigenvalue weighted by molar-refractivity contribution is 0.587. The number of likely N-dealkylation sites (N-methyl/N-ethyl adjacent to an activating group) is 1. The Morgan fingerprint density at radius 3 is 2.58 bits per heavy atom. The van der Waals surface area contributed by atoms with Crippen molar-refractivity contribution >= 4 is 5.69 Å². The van der Waals surface area contributed by atoms with Crippen molar-refractivity contribution in [1.29, 1.82) is 0 Å². The van der Waals surface area contributed by atoms with Gasteiger partial charge in [0.15, 0.2) is 0 Å². The summed E-state index contributed by atoms with van der Waals surface area (Å²) in [5.41, 5.74) is 8.92. The Hall–Kier alpha value is -1.88. The number of rotatable bonds is 6. The zero-order valence-corrected chi connectivity index (χ0v) is 11.6. The molecule has 102 valence electrons. The van der Waals surface area contributed by atoms with Crippen molar-refractivity contribution in [2.75, 3.05) is 18.5 Å². The number of hydrogen-bond donors (Lipinski definition) is 1. The van der Waals surface area contributed by atoms with E-state index >= 15 is 0 Å². The average Bonchev–Trinajstić information content (AvgIpc) is 2.93. The van der Waals surface area contributed by atoms with Crippen LogP contribution in [0.15, 0.2) is 30.5 Å². The van der Waals surface area contributed by atoms with Crippen LogP contribution in [0.5, 0.6) is 0 Å². The monoisotopic (exact) mass is 259 g/mol. The van der Waals surface area contributed by atoms with Gasteiger partial charge in [0.2, 0.25) is 0 Å². The quantitative estimate of drug-likeness (QED) is 0.852. The molecule has 0 saturated carbocycles. The maximum Gasteiger partial charge on any atom is 0.0962 e. The van der Waals surface area contributed by atoms with E-state index < -0.39 is 0 Å². The van der Waals surface area contributed by atoms with Crippen LogP contribution in [0, 0.1) is 0 Å². The molecule has 0 unspecified atom stereocenters. The van der Waals surface area contributed by atoms with E-state index in [4.69, 9.17) is 5.73 Å². The predicted molar refractivity (Wildman–Crippen MR) is 77.0 cm³/mol. The molecule has 0 aliphatic carbocycles. The first kappa shape index (κ1) is 13.5. The van der Waals surface area contributed by atoms with Crippen LogP contribution in [0.2, 0.25) is 0 Å². The molecule has 2 rings (SSSR count). The van der Waals surface area contributed by atoms with Gasteiger partial charge in [-0.1, -0.05) is 24.3 Å². The standard InChI is InChI=1S/C14H21N5/c1-3-12-4-6-14(7-5-12)18(2)8-9-19-11-13(10-15)16-17-19/h4-7,11H,3,8-10,15H2,1-2H3. The molecule has 5 nitrogen and oxygen atoms in total. The summed E-state index contributed by atoms with van der Waals surface area (Å²) in [6, 6.07) is 8.67. The van der Waals surface area contributed by atoms with Crippen molar-refractivity contribution in [3.8, 4) is 0 Å². The zero-order chi connectivity index (χ0) is 13.7. The molecule has 0 atom stereocenters. The highest BCUT2D eigenvalue weighted by Gasteiger charge is 2.03. The highest BCUT2D eigenvalue weighted by Crippen LogP contribution is 2.14. The summed E-state index contributed by atoms with van der Waals surface area (Å²) < 4.78 is 1.83. The summed E-state index contributed by atoms with van der Waals surface area (Å²) in [5.74, 6) is 0. The van der Waals surface area contributed by atoms with E-state index in [1.54, 1.807) is 0 Å². The van der Waals surface area contributed by atoms with Crippen molar-refractivity contribution in [3.05, 3.63) is 41.7 Å². The number of nitrogens with two attached hydrogens (primary N) is 1. The van der Waals surface area contributed by atoms with E-state index in [0.717, 1.165) is 25.2 Å². The number of anilines is 1. The van der Waals surface area contributed by atoms with E-state index in [9.17, 15) is 0 Å². The van der Waals surface area contributed by atoms with Crippen LogP contribution >= 0.6 is 0 Å². The second-order valence-corrected chi connectivity index (χ2v) is 4.62. The van der Waals surface area contributed by atoms with Gasteiger partial charge < -0.3 is 10.6 Å². The SMILES string of the molecule is CCc1ccc(N(C)CCn2cc(CN)nn2)cc1. The molecule has 0 radical (unpaired) electrons. The number of nitrogens with zero attached hydrogens (tertiary/aromatic N) is 4. The molecular weight excluding hydrogens is 238 g/mol. The normalized spacial score (nSPS) is 10.7. The van der Waals surface area contributed by atoms with Crippen LogP contribution in [-0.4, -0.2) is 28.6 Å². The third kappa shape index (κ3) is 3.54. The maximum absolute atomic E-state index is 5.51. The fourth-order valence-corrected chi connectivity index (χ4v) is 1.91. The Labute approximate surface area is 114 Å². The molecule has 0 saturated heterocycles. The summed E-state index contributed by atoms with van der Waals surface area (Å²) in [7, 11) is 2.09. The van der Waals surface area contributed by atoms with E-state index in [2.05, 4.69) is 53.4 Å². The molecule has 0 fully saturated rings. The second kappa shape index (κ2) is 6.33. The molecular formula is C14H21N5. The molecule has 0 amide bonds. The molecule has 5 heteroatoms. The van der Waals surface area contributed by atoms with Gasteiger partial charge in [-0.3, -0.25) is 4.68 Å². The van der Waals surface area contributed by atoms with E-state index in [0.29, 0.717) is 6.54 Å². The van der Waals surface area contributed by atoms with Gasteiger partial charge >= 0.3 is 0 Å². The van der Waals surface area contributed by atoms with Gasteiger partial charge in [0.25, 0.3) is 0 Å². The van der Waals surface area contributed by atoms with Gasteiger partial charge in [-0.2, -0.15) is 0 Å². The molecule has 19 heavy (non-hydrogen) atoms. The third-order valence-electron chi connectivity index (χ3n) is 3.25. The Morgan fingerprint density at radius 1 is 1.26 bits per heavy atom. The molecule has 1 aromatic heterocycles. The van der Waals surface area contributed by atoms with Crippen molar-refractivity contribution in [1.82, 2.24) is 15.0 Å². The van der Waals surface area contributed by atoms with Gasteiger partial charge in [0.1, 0.15) is 0 Å². The fourth-order valence-electron chi connectivity index (χ4n) is 1.91. The van der Waals surface area contributed by atoms with E-state index in [-0.39, 0.29) is 0 Å². The third-order valence-corrected chi connectivity index (χ3v) is 3.25. The lowest BCUT2D eigenvalue weighted by Gasteiger charge is -2.19. The van der Waals surface area contributed by atoms with E-state index in [1.165, 1.54) is 11.3 Å². The highest BCUT2D eigenvalue weighted by molar-refractivity contribution is 5.46. The van der Waals surface area contributed by atoms with Crippen LogP contribution < -0.4 is 10.6 Å². The molecule has 0 aliphatic heterocycles. The molecule has 0 bridgehead atoms. The second-order valence-electron chi connectivity index (χ2n) is 4.62. The smallest absolute Gasteiger partial charge is 0.0962 e. The van der Waals surface area contributed by atoms with Crippen LogP contribution in [-0.2, 0) is 19.5 Å². The van der Waals surface area contributed by atoms with Gasteiger partial charge in [-0.25, -0.2) is 0 Å². The van der Waals surface area contributed by atoms with Crippen molar-refractivity contribution < 1.29 is 0 Å². The van der Waals surface area contributed by atoms with Gasteiger partial charge in [0, 0.05) is 32.0 Å². The summed E-state index contributed by atoms with van der Waals surface area (Å²) in [4.78, 5) is 2.21. The van der Waals surface area contributed by atoms with Crippen LogP contribution in [0.1, 0.15) is 18.2 Å². The predicted octanol–water partition coefficient (Wildman–Crippen LogP) is 1.44. The topological polar surface area (TPSA) is 60.0 Å². The summed E-state index contributed by atoms with van der Waals surface area (Å²) in [6.07, 6.45) is 2.97. The minimum Gasteiger partial charge on any atom is -0.373 e. The summed E-state index contributed by atoms with van der Waals surface area (Å²) in [6.45, 7) is 4.30. The lowest BCUT2D eigenvalue weighted by atomic mass is 10.1. The Kier molecular flexibility index (Phi) is 4.52. The number of hydrogen-bond acceptors (Lipinski definition) is 4. The minimum atomic E-state index is 0.439. The Morgan fingerprint density at radius 2 is 2.00 bits per heavy atom. The van der Waals surface area contributed by atoms with Crippen molar-refractivity contribution in [2.45, 2.75) is 26.4 Å². The van der Waals surface area contributed by atoms with E-state index in [1.807, 2.05) is 10.9 Å². The van der Waals surface area contributed by atoms with Gasteiger partial charge in [-0.15, -0.1) is 5.10 Å². The van der Waals surface area contributed by atoms with Crippen molar-refractivity contribution in [2.24, 2.45) is 5.73 Å². The average molecular weight is 259 g/mol. The molecule has 2 N–H and O–H groups in total. The zero-order valence-electron chi connectivity index (χ0n) is 11.6. The molecule has 1 aromatic carbocycles. The molecule has 1 heterocycles. The van der Waals surface area contributed by atoms with Gasteiger partial charge in [-0.05, 0) is 24.1 Å². The molecule has 0 aliphatic rings. The maximum atomic E-state index is 5.51. The Balaban J connectivity index is 1.90. The number of aromatic nitrogens is 3. The van der Waals surface area contributed by atoms with Crippen LogP contribution in [0.3, 0.4) is 0 Å². The first-order chi connectivity index (χ1) is 9.22. The summed E-state index contributed by atoms with van der Waals surface area (Å²) >= 11 is 0. The van der Waals surface area contributed by atoms with Crippen molar-refractivity contribution in [3.63, 3.8) is 0 Å². The first-order valence-electron chi connectivity index (χ1n) is 6.62. The fraction of sp³-hybridized carbons (Fsp3) is 0.429. The van der Waals surface area contributed by atoms with Crippen LogP contribution in [0.25, 0.3) is 0 Å². The van der Waals surface area contributed by atoms with Gasteiger partial charge in [0.05, 0.1) is 12.2 Å². The van der Waals surface area contributed by atoms with Crippen LogP contribution in [0.4, 0.5) is 5.69 Å². The highest BCUT2D eigenvalue weighted by atomic mass is 15.4. The minimum absolute atomic E-state index is 0.439. The molecule has 0 spiro atoms. The molecule has 2 aromatic rings. The first-order valence-corrected chi connectivity index (χ1v) is 6.62. The lowest BCUT2D eigenvalue weighted by Crippen LogP contribution is -2.22. The number of benzene rings is 1. The Bertz CT molecular complexity index is 503. The largest absolute Gasteiger partial charge is 0.373 e. The summed E-state index contributed by atoms with van der Waals surface area (Å²) in [5, 5.41) is 8.02. The number of aryl methyl sites for hydroxylation is 1.